The van der Waals surface area contributed by atoms with Crippen molar-refractivity contribution in [1.29, 1.82) is 0 Å². The second-order valence-electron chi connectivity index (χ2n) is 8.90. The molecule has 6 heteroatoms. The van der Waals surface area contributed by atoms with Gasteiger partial charge in [-0.1, -0.05) is 42.5 Å². The molecule has 33 heavy (non-hydrogen) atoms. The molecule has 3 aromatic rings. The predicted octanol–water partition coefficient (Wildman–Crippen LogP) is 4.89. The highest BCUT2D eigenvalue weighted by Gasteiger charge is 2.28. The number of hydrogen-bond acceptors (Lipinski definition) is 5. The van der Waals surface area contributed by atoms with Gasteiger partial charge in [-0.05, 0) is 51.0 Å². The molecule has 1 saturated heterocycles. The van der Waals surface area contributed by atoms with Gasteiger partial charge >= 0.3 is 0 Å². The molecule has 1 N–H and O–H groups in total. The average Bonchev–Trinajstić information content (AvgIpc) is 3.43. The summed E-state index contributed by atoms with van der Waals surface area (Å²) in [4.78, 5) is 2.22. The van der Waals surface area contributed by atoms with Crippen molar-refractivity contribution in [3.8, 4) is 17.3 Å². The average molecular weight is 448 g/mol. The molecule has 0 aliphatic carbocycles. The summed E-state index contributed by atoms with van der Waals surface area (Å²) in [6, 6.07) is 19.7. The third kappa shape index (κ3) is 5.90. The summed E-state index contributed by atoms with van der Waals surface area (Å²) in [5.74, 6) is 1.43. The summed E-state index contributed by atoms with van der Waals surface area (Å²) in [5, 5.41) is 15.6. The highest BCUT2D eigenvalue weighted by Crippen LogP contribution is 2.32. The van der Waals surface area contributed by atoms with Crippen molar-refractivity contribution in [2.45, 2.75) is 44.9 Å². The maximum absolute atomic E-state index is 10.7. The lowest BCUT2D eigenvalue weighted by atomic mass is 10.1. The van der Waals surface area contributed by atoms with Crippen LogP contribution in [0.5, 0.6) is 11.6 Å². The smallest absolute Gasteiger partial charge is 0.227 e. The number of benzene rings is 2. The van der Waals surface area contributed by atoms with E-state index in [-0.39, 0.29) is 6.10 Å². The fraction of sp³-hybridized carbons (Fsp3) is 0.370. The molecule has 1 fully saturated rings. The molecule has 174 valence electrons. The lowest BCUT2D eigenvalue weighted by Crippen LogP contribution is -2.42. The van der Waals surface area contributed by atoms with Crippen LogP contribution in [0, 0.1) is 6.92 Å². The number of para-hydroxylation sites is 2. The predicted molar refractivity (Wildman–Crippen MR) is 130 cm³/mol. The Morgan fingerprint density at radius 1 is 1.21 bits per heavy atom. The first-order valence-corrected chi connectivity index (χ1v) is 11.5. The minimum atomic E-state index is -1.01. The molecule has 6 nitrogen and oxygen atoms in total. The van der Waals surface area contributed by atoms with E-state index in [1.54, 1.807) is 13.0 Å². The molecule has 0 unspecified atom stereocenters. The monoisotopic (exact) mass is 447 g/mol. The van der Waals surface area contributed by atoms with E-state index in [1.807, 2.05) is 72.3 Å². The number of nitrogens with zero attached hydrogens (tertiary/aromatic N) is 3. The maximum atomic E-state index is 10.7. The summed E-state index contributed by atoms with van der Waals surface area (Å²) in [6.07, 6.45) is 3.86. The summed E-state index contributed by atoms with van der Waals surface area (Å²) >= 11 is 0. The Kier molecular flexibility index (Phi) is 7.28. The van der Waals surface area contributed by atoms with Crippen LogP contribution in [-0.2, 0) is 11.3 Å². The van der Waals surface area contributed by atoms with E-state index < -0.39 is 5.60 Å². The molecule has 0 bridgehead atoms. The van der Waals surface area contributed by atoms with Gasteiger partial charge < -0.3 is 14.6 Å². The minimum absolute atomic E-state index is 0.161. The maximum Gasteiger partial charge on any atom is 0.227 e. The first-order chi connectivity index (χ1) is 15.9. The van der Waals surface area contributed by atoms with E-state index >= 15 is 0 Å². The highest BCUT2D eigenvalue weighted by molar-refractivity contribution is 5.43. The van der Waals surface area contributed by atoms with Crippen LogP contribution >= 0.6 is 0 Å². The number of aliphatic hydroxyl groups is 1. The summed E-state index contributed by atoms with van der Waals surface area (Å²) in [5.41, 5.74) is 1.80. The molecule has 2 aromatic carbocycles. The number of rotatable bonds is 10. The third-order valence-electron chi connectivity index (χ3n) is 5.95. The standard InChI is InChI=1S/C27H33N3O3/c1-4-27(3,31)20-29(18-24-16-11-17-32-24)19-25-21(2)28-30(22-12-7-5-8-13-22)26(25)33-23-14-9-6-10-15-23/h4-10,12-15,24,31H,1,11,16-20H2,2-3H3/t24-,27+/m0/s1. The molecule has 2 heterocycles. The van der Waals surface area contributed by atoms with Gasteiger partial charge in [-0.15, -0.1) is 6.58 Å². The fourth-order valence-electron chi connectivity index (χ4n) is 4.17. The van der Waals surface area contributed by atoms with Gasteiger partial charge in [0.25, 0.3) is 0 Å². The zero-order chi connectivity index (χ0) is 23.3. The molecule has 0 saturated carbocycles. The van der Waals surface area contributed by atoms with Crippen molar-refractivity contribution in [2.75, 3.05) is 19.7 Å². The van der Waals surface area contributed by atoms with Crippen LogP contribution in [0.25, 0.3) is 5.69 Å². The summed E-state index contributed by atoms with van der Waals surface area (Å²) in [6.45, 7) is 10.1. The molecule has 0 radical (unpaired) electrons. The second-order valence-corrected chi connectivity index (χ2v) is 8.90. The van der Waals surface area contributed by atoms with Crippen LogP contribution in [0.3, 0.4) is 0 Å². The van der Waals surface area contributed by atoms with Crippen LogP contribution in [0.1, 0.15) is 31.0 Å². The lowest BCUT2D eigenvalue weighted by Gasteiger charge is -2.31. The van der Waals surface area contributed by atoms with Crippen molar-refractivity contribution >= 4 is 0 Å². The highest BCUT2D eigenvalue weighted by atomic mass is 16.5. The molecule has 4 rings (SSSR count). The van der Waals surface area contributed by atoms with Gasteiger partial charge in [0.1, 0.15) is 5.75 Å². The first kappa shape index (κ1) is 23.2. The van der Waals surface area contributed by atoms with Crippen molar-refractivity contribution in [2.24, 2.45) is 0 Å². The van der Waals surface area contributed by atoms with Crippen molar-refractivity contribution in [1.82, 2.24) is 14.7 Å². The topological polar surface area (TPSA) is 59.8 Å². The third-order valence-corrected chi connectivity index (χ3v) is 5.95. The van der Waals surface area contributed by atoms with Crippen molar-refractivity contribution in [3.05, 3.63) is 84.6 Å². The van der Waals surface area contributed by atoms with Crippen LogP contribution in [0.15, 0.2) is 73.3 Å². The van der Waals surface area contributed by atoms with Gasteiger partial charge in [0, 0.05) is 26.2 Å². The van der Waals surface area contributed by atoms with Crippen LogP contribution in [0.2, 0.25) is 0 Å². The van der Waals surface area contributed by atoms with Gasteiger partial charge in [0.05, 0.1) is 28.6 Å². The number of hydrogen-bond donors (Lipinski definition) is 1. The Labute approximate surface area is 196 Å². The van der Waals surface area contributed by atoms with Crippen LogP contribution < -0.4 is 4.74 Å². The number of aromatic nitrogens is 2. The zero-order valence-electron chi connectivity index (χ0n) is 19.5. The first-order valence-electron chi connectivity index (χ1n) is 11.5. The molecule has 0 spiro atoms. The van der Waals surface area contributed by atoms with Gasteiger partial charge in [-0.2, -0.15) is 5.10 Å². The van der Waals surface area contributed by atoms with E-state index in [0.717, 1.165) is 48.7 Å². The molecular formula is C27H33N3O3. The second kappa shape index (κ2) is 10.3. The van der Waals surface area contributed by atoms with Gasteiger partial charge in [-0.3, -0.25) is 4.90 Å². The van der Waals surface area contributed by atoms with E-state index in [9.17, 15) is 5.11 Å². The van der Waals surface area contributed by atoms with Gasteiger partial charge in [-0.25, -0.2) is 4.68 Å². The lowest BCUT2D eigenvalue weighted by molar-refractivity contribution is 0.0239. The SMILES string of the molecule is C=C[C@@](C)(O)CN(Cc1c(C)nn(-c2ccccc2)c1Oc1ccccc1)C[C@@H]1CCCO1. The van der Waals surface area contributed by atoms with E-state index in [2.05, 4.69) is 11.5 Å². The Morgan fingerprint density at radius 2 is 1.91 bits per heavy atom. The zero-order valence-corrected chi connectivity index (χ0v) is 19.5. The normalized spacial score (nSPS) is 17.8. The van der Waals surface area contributed by atoms with Gasteiger partial charge in [0.15, 0.2) is 0 Å². The Morgan fingerprint density at radius 3 is 2.55 bits per heavy atom. The Bertz CT molecular complexity index is 1040. The number of aryl methyl sites for hydroxylation is 1. The summed E-state index contributed by atoms with van der Waals surface area (Å²) < 4.78 is 14.2. The number of ether oxygens (including phenoxy) is 2. The largest absolute Gasteiger partial charge is 0.439 e. The van der Waals surface area contributed by atoms with E-state index in [4.69, 9.17) is 14.6 Å². The van der Waals surface area contributed by atoms with Crippen molar-refractivity contribution < 1.29 is 14.6 Å². The Hall–Kier alpha value is -2.93. The molecule has 1 aromatic heterocycles. The quantitative estimate of drug-likeness (QED) is 0.449. The summed E-state index contributed by atoms with van der Waals surface area (Å²) in [7, 11) is 0. The molecular weight excluding hydrogens is 414 g/mol. The van der Waals surface area contributed by atoms with Crippen molar-refractivity contribution in [3.63, 3.8) is 0 Å². The van der Waals surface area contributed by atoms with Crippen LogP contribution in [0.4, 0.5) is 0 Å². The molecule has 1 aliphatic heterocycles. The van der Waals surface area contributed by atoms with Crippen LogP contribution in [-0.4, -0.2) is 51.2 Å². The molecule has 2 atom stereocenters. The van der Waals surface area contributed by atoms with E-state index in [0.29, 0.717) is 19.0 Å². The van der Waals surface area contributed by atoms with E-state index in [1.165, 1.54) is 0 Å². The minimum Gasteiger partial charge on any atom is -0.439 e. The fourth-order valence-corrected chi connectivity index (χ4v) is 4.17. The Balaban J connectivity index is 1.70. The molecule has 0 amide bonds. The van der Waals surface area contributed by atoms with Gasteiger partial charge in [0.2, 0.25) is 5.88 Å². The molecule has 1 aliphatic rings.